The highest BCUT2D eigenvalue weighted by atomic mass is 35.5. The van der Waals surface area contributed by atoms with E-state index < -0.39 is 17.8 Å². The van der Waals surface area contributed by atoms with Gasteiger partial charge in [-0.25, -0.2) is 9.18 Å². The van der Waals surface area contributed by atoms with E-state index in [-0.39, 0.29) is 27.7 Å². The molecule has 1 aliphatic rings. The van der Waals surface area contributed by atoms with Crippen LogP contribution in [0.2, 0.25) is 10.0 Å². The van der Waals surface area contributed by atoms with Crippen LogP contribution in [0, 0.1) is 11.7 Å². The molecule has 1 aliphatic carbocycles. The summed E-state index contributed by atoms with van der Waals surface area (Å²) >= 11 is 11.4. The van der Waals surface area contributed by atoms with Gasteiger partial charge in [0.1, 0.15) is 5.82 Å². The van der Waals surface area contributed by atoms with E-state index in [2.05, 4.69) is 10.6 Å². The van der Waals surface area contributed by atoms with Crippen LogP contribution in [-0.4, -0.2) is 23.1 Å². The van der Waals surface area contributed by atoms with Gasteiger partial charge in [0.2, 0.25) is 0 Å². The number of urea groups is 1. The summed E-state index contributed by atoms with van der Waals surface area (Å²) in [5, 5.41) is 14.2. The maximum atomic E-state index is 13.7. The summed E-state index contributed by atoms with van der Waals surface area (Å²) in [6.07, 6.45) is 2.19. The third-order valence-corrected chi connectivity index (χ3v) is 4.39. The first-order chi connectivity index (χ1) is 10.4. The number of rotatable bonds is 3. The van der Waals surface area contributed by atoms with E-state index in [9.17, 15) is 14.0 Å². The van der Waals surface area contributed by atoms with E-state index in [1.807, 2.05) is 0 Å². The lowest BCUT2D eigenvalue weighted by Gasteiger charge is -2.26. The van der Waals surface area contributed by atoms with E-state index in [1.165, 1.54) is 6.07 Å². The Morgan fingerprint density at radius 1 is 1.14 bits per heavy atom. The predicted molar refractivity (Wildman–Crippen MR) is 82.0 cm³/mol. The third-order valence-electron chi connectivity index (χ3n) is 3.67. The Kier molecular flexibility index (Phi) is 5.47. The summed E-state index contributed by atoms with van der Waals surface area (Å²) in [6, 6.07) is 1.58. The molecule has 3 N–H and O–H groups in total. The zero-order chi connectivity index (χ0) is 16.3. The van der Waals surface area contributed by atoms with Crippen LogP contribution in [0.25, 0.3) is 0 Å². The number of benzene rings is 1. The second kappa shape index (κ2) is 7.15. The number of nitrogens with one attached hydrogen (secondary N) is 2. The number of carboxylic acid groups (broad SMARTS) is 1. The fourth-order valence-electron chi connectivity index (χ4n) is 2.45. The Morgan fingerprint density at radius 3 is 2.32 bits per heavy atom. The van der Waals surface area contributed by atoms with Crippen molar-refractivity contribution in [3.8, 4) is 0 Å². The van der Waals surface area contributed by atoms with Gasteiger partial charge in [-0.05, 0) is 37.8 Å². The number of carboxylic acids is 1. The van der Waals surface area contributed by atoms with Crippen LogP contribution in [0.5, 0.6) is 0 Å². The fraction of sp³-hybridized carbons (Fsp3) is 0.429. The predicted octanol–water partition coefficient (Wildman–Crippen LogP) is 3.90. The molecule has 8 heteroatoms. The van der Waals surface area contributed by atoms with Crippen molar-refractivity contribution in [3.05, 3.63) is 28.0 Å². The maximum Gasteiger partial charge on any atom is 0.319 e. The topological polar surface area (TPSA) is 78.4 Å². The van der Waals surface area contributed by atoms with E-state index in [0.29, 0.717) is 25.7 Å². The van der Waals surface area contributed by atoms with Crippen LogP contribution >= 0.6 is 23.2 Å². The lowest BCUT2D eigenvalue weighted by molar-refractivity contribution is -0.142. The molecule has 0 heterocycles. The summed E-state index contributed by atoms with van der Waals surface area (Å²) in [4.78, 5) is 22.7. The zero-order valence-corrected chi connectivity index (χ0v) is 13.0. The van der Waals surface area contributed by atoms with Crippen molar-refractivity contribution in [3.63, 3.8) is 0 Å². The first-order valence-electron chi connectivity index (χ1n) is 6.81. The number of hydrogen-bond acceptors (Lipinski definition) is 2. The Morgan fingerprint density at radius 2 is 1.73 bits per heavy atom. The average Bonchev–Trinajstić information content (AvgIpc) is 2.45. The first-order valence-corrected chi connectivity index (χ1v) is 7.57. The molecule has 0 saturated heterocycles. The highest BCUT2D eigenvalue weighted by Gasteiger charge is 2.26. The summed E-state index contributed by atoms with van der Waals surface area (Å²) in [5.41, 5.74) is -0.0638. The molecule has 0 aromatic heterocycles. The summed E-state index contributed by atoms with van der Waals surface area (Å²) < 4.78 is 13.7. The monoisotopic (exact) mass is 348 g/mol. The van der Waals surface area contributed by atoms with Crippen LogP contribution < -0.4 is 10.6 Å². The highest BCUT2D eigenvalue weighted by molar-refractivity contribution is 6.42. The largest absolute Gasteiger partial charge is 0.481 e. The second-order valence-corrected chi connectivity index (χ2v) is 6.05. The zero-order valence-electron chi connectivity index (χ0n) is 11.5. The van der Waals surface area contributed by atoms with Crippen LogP contribution in [0.4, 0.5) is 14.9 Å². The standard InChI is InChI=1S/C14H15Cl2FN2O3/c15-9-5-11(17)12(6-10(9)16)19-14(22)18-8-3-1-7(2-4-8)13(20)21/h5-8H,1-4H2,(H,20,21)(H2,18,19,22). The van der Waals surface area contributed by atoms with Gasteiger partial charge in [-0.15, -0.1) is 0 Å². The minimum Gasteiger partial charge on any atom is -0.481 e. The van der Waals surface area contributed by atoms with Crippen molar-refractivity contribution in [2.24, 2.45) is 5.92 Å². The Balaban J connectivity index is 1.89. The van der Waals surface area contributed by atoms with E-state index >= 15 is 0 Å². The number of halogens is 3. The van der Waals surface area contributed by atoms with Gasteiger partial charge in [-0.3, -0.25) is 4.79 Å². The van der Waals surface area contributed by atoms with Gasteiger partial charge >= 0.3 is 12.0 Å². The Labute approximate surface area is 136 Å². The highest BCUT2D eigenvalue weighted by Crippen LogP contribution is 2.28. The molecule has 0 spiro atoms. The van der Waals surface area contributed by atoms with E-state index in [0.717, 1.165) is 6.07 Å². The molecule has 1 fully saturated rings. The second-order valence-electron chi connectivity index (χ2n) is 5.23. The minimum atomic E-state index is -0.805. The quantitative estimate of drug-likeness (QED) is 0.725. The van der Waals surface area contributed by atoms with E-state index in [1.54, 1.807) is 0 Å². The van der Waals surface area contributed by atoms with Crippen LogP contribution in [0.1, 0.15) is 25.7 Å². The van der Waals surface area contributed by atoms with Crippen molar-refractivity contribution in [1.82, 2.24) is 5.32 Å². The summed E-state index contributed by atoms with van der Waals surface area (Å²) in [6.45, 7) is 0. The summed E-state index contributed by atoms with van der Waals surface area (Å²) in [7, 11) is 0. The molecular weight excluding hydrogens is 334 g/mol. The smallest absolute Gasteiger partial charge is 0.319 e. The molecule has 1 aromatic rings. The van der Waals surface area contributed by atoms with Gasteiger partial charge in [-0.1, -0.05) is 23.2 Å². The number of carbonyl (C=O) groups excluding carboxylic acids is 1. The third kappa shape index (κ3) is 4.24. The molecule has 0 atom stereocenters. The Hall–Kier alpha value is -1.53. The number of amides is 2. The van der Waals surface area contributed by atoms with E-state index in [4.69, 9.17) is 28.3 Å². The molecule has 120 valence electrons. The van der Waals surface area contributed by atoms with Crippen LogP contribution in [-0.2, 0) is 4.79 Å². The molecule has 1 aromatic carbocycles. The van der Waals surface area contributed by atoms with Crippen molar-refractivity contribution in [1.29, 1.82) is 0 Å². The van der Waals surface area contributed by atoms with Gasteiger partial charge in [0.15, 0.2) is 0 Å². The molecule has 22 heavy (non-hydrogen) atoms. The van der Waals surface area contributed by atoms with Gasteiger partial charge in [0.25, 0.3) is 0 Å². The molecule has 1 saturated carbocycles. The average molecular weight is 349 g/mol. The number of aliphatic carboxylic acids is 1. The molecule has 5 nitrogen and oxygen atoms in total. The van der Waals surface area contributed by atoms with Crippen molar-refractivity contribution >= 4 is 40.9 Å². The number of carbonyl (C=O) groups is 2. The molecule has 0 aliphatic heterocycles. The van der Waals surface area contributed by atoms with Gasteiger partial charge < -0.3 is 15.7 Å². The van der Waals surface area contributed by atoms with Crippen molar-refractivity contribution < 1.29 is 19.1 Å². The van der Waals surface area contributed by atoms with Crippen LogP contribution in [0.3, 0.4) is 0 Å². The molecule has 2 amide bonds. The van der Waals surface area contributed by atoms with Crippen molar-refractivity contribution in [2.75, 3.05) is 5.32 Å². The SMILES string of the molecule is O=C(Nc1cc(Cl)c(Cl)cc1F)NC1CCC(C(=O)O)CC1. The summed E-state index contributed by atoms with van der Waals surface area (Å²) in [5.74, 6) is -1.84. The fourth-order valence-corrected chi connectivity index (χ4v) is 2.76. The molecule has 0 bridgehead atoms. The first kappa shape index (κ1) is 16.8. The van der Waals surface area contributed by atoms with Crippen molar-refractivity contribution in [2.45, 2.75) is 31.7 Å². The molecular formula is C14H15Cl2FN2O3. The van der Waals surface area contributed by atoms with Gasteiger partial charge in [0.05, 0.1) is 21.7 Å². The van der Waals surface area contributed by atoms with Crippen LogP contribution in [0.15, 0.2) is 12.1 Å². The number of anilines is 1. The minimum absolute atomic E-state index is 0.0638. The van der Waals surface area contributed by atoms with Gasteiger partial charge in [0, 0.05) is 6.04 Å². The number of hydrogen-bond donors (Lipinski definition) is 3. The lowest BCUT2D eigenvalue weighted by atomic mass is 9.86. The molecule has 0 unspecified atom stereocenters. The lowest BCUT2D eigenvalue weighted by Crippen LogP contribution is -2.41. The van der Waals surface area contributed by atoms with Gasteiger partial charge in [-0.2, -0.15) is 0 Å². The molecule has 0 radical (unpaired) electrons. The molecule has 2 rings (SSSR count). The normalized spacial score (nSPS) is 21.2. The maximum absolute atomic E-state index is 13.7. The Bertz CT molecular complexity index is 590.